The Morgan fingerprint density at radius 3 is 2.96 bits per heavy atom. The van der Waals surface area contributed by atoms with Gasteiger partial charge in [-0.1, -0.05) is 6.42 Å². The molecule has 132 valence electrons. The van der Waals surface area contributed by atoms with Crippen LogP contribution in [0, 0.1) is 19.8 Å². The zero-order chi connectivity index (χ0) is 17.6. The molecule has 1 N–H and O–H groups in total. The maximum Gasteiger partial charge on any atom is 0.252 e. The van der Waals surface area contributed by atoms with E-state index in [1.807, 2.05) is 19.9 Å². The maximum atomic E-state index is 12.8. The largest absolute Gasteiger partial charge is 0.351 e. The molecule has 2 bridgehead atoms. The van der Waals surface area contributed by atoms with Gasteiger partial charge in [0.05, 0.1) is 12.3 Å². The van der Waals surface area contributed by atoms with E-state index in [9.17, 15) is 9.59 Å². The van der Waals surface area contributed by atoms with Gasteiger partial charge >= 0.3 is 0 Å². The molecule has 2 atom stereocenters. The summed E-state index contributed by atoms with van der Waals surface area (Å²) < 4.78 is 1.66. The highest BCUT2D eigenvalue weighted by Gasteiger charge is 2.34. The highest BCUT2D eigenvalue weighted by molar-refractivity contribution is 5.83. The van der Waals surface area contributed by atoms with Crippen molar-refractivity contribution in [3.05, 3.63) is 23.3 Å². The molecule has 0 aromatic carbocycles. The minimum absolute atomic E-state index is 0.0290. The number of carbonyl (C=O) groups is 2. The van der Waals surface area contributed by atoms with Crippen LogP contribution in [0.1, 0.15) is 36.5 Å². The van der Waals surface area contributed by atoms with Crippen LogP contribution in [0.3, 0.4) is 0 Å². The van der Waals surface area contributed by atoms with Crippen LogP contribution < -0.4 is 5.32 Å². The summed E-state index contributed by atoms with van der Waals surface area (Å²) in [7, 11) is 0. The molecule has 2 amide bonds. The Morgan fingerprint density at radius 2 is 2.12 bits per heavy atom. The van der Waals surface area contributed by atoms with Crippen molar-refractivity contribution < 1.29 is 9.59 Å². The van der Waals surface area contributed by atoms with Crippen molar-refractivity contribution in [1.82, 2.24) is 29.8 Å². The van der Waals surface area contributed by atoms with Gasteiger partial charge in [0.25, 0.3) is 5.78 Å². The van der Waals surface area contributed by atoms with Crippen LogP contribution in [0.2, 0.25) is 0 Å². The zero-order valence-electron chi connectivity index (χ0n) is 14.5. The fourth-order valence-corrected chi connectivity index (χ4v) is 3.78. The third-order valence-corrected chi connectivity index (χ3v) is 5.03. The molecule has 2 saturated heterocycles. The van der Waals surface area contributed by atoms with Crippen molar-refractivity contribution in [3.8, 4) is 0 Å². The summed E-state index contributed by atoms with van der Waals surface area (Å²) in [5.41, 5.74) is 1.81. The number of amides is 2. The zero-order valence-corrected chi connectivity index (χ0v) is 14.5. The Bertz CT molecular complexity index is 845. The average Bonchev–Trinajstić information content (AvgIpc) is 2.74. The molecule has 2 aliphatic rings. The molecular weight excluding hydrogens is 320 g/mol. The first-order valence-electron chi connectivity index (χ1n) is 8.77. The predicted molar refractivity (Wildman–Crippen MR) is 89.8 cm³/mol. The fraction of sp³-hybridized carbons (Fsp3) is 0.588. The molecule has 4 rings (SSSR count). The van der Waals surface area contributed by atoms with E-state index >= 15 is 0 Å². The van der Waals surface area contributed by atoms with E-state index in [1.54, 1.807) is 9.42 Å². The van der Waals surface area contributed by atoms with E-state index in [2.05, 4.69) is 20.4 Å². The molecule has 2 fully saturated rings. The number of fused-ring (bicyclic) bond motifs is 4. The molecule has 0 aliphatic carbocycles. The van der Waals surface area contributed by atoms with Crippen LogP contribution in [0.5, 0.6) is 0 Å². The molecule has 8 nitrogen and oxygen atoms in total. The monoisotopic (exact) mass is 342 g/mol. The number of hydrogen-bond donors (Lipinski definition) is 1. The van der Waals surface area contributed by atoms with Crippen LogP contribution in [0.25, 0.3) is 5.78 Å². The minimum Gasteiger partial charge on any atom is -0.351 e. The summed E-state index contributed by atoms with van der Waals surface area (Å²) in [6, 6.07) is 1.99. The lowest BCUT2D eigenvalue weighted by Crippen LogP contribution is -2.42. The lowest BCUT2D eigenvalue weighted by molar-refractivity contribution is -0.131. The van der Waals surface area contributed by atoms with E-state index in [0.717, 1.165) is 30.7 Å². The summed E-state index contributed by atoms with van der Waals surface area (Å²) in [5.74, 6) is 0.944. The number of nitrogens with zero attached hydrogens (tertiary/aromatic N) is 5. The van der Waals surface area contributed by atoms with Crippen LogP contribution >= 0.6 is 0 Å². The number of nitrogens with one attached hydrogen (secondary N) is 1. The standard InChI is InChI=1S/C17H22N6O2/c1-10-6-11(2)23-17(18-10)20-14(21-23)7-15(24)22-8-12-4-3-5-13(9-22)19-16(12)25/h6,12-13H,3-5,7-9H2,1-2H3,(H,19,25)/t12-,13+/m1/s1. The highest BCUT2D eigenvalue weighted by atomic mass is 16.2. The molecule has 0 saturated carbocycles. The first-order valence-corrected chi connectivity index (χ1v) is 8.77. The third-order valence-electron chi connectivity index (χ3n) is 5.03. The lowest BCUT2D eigenvalue weighted by atomic mass is 9.99. The Balaban J connectivity index is 1.54. The second-order valence-corrected chi connectivity index (χ2v) is 7.09. The Morgan fingerprint density at radius 1 is 1.28 bits per heavy atom. The molecule has 25 heavy (non-hydrogen) atoms. The van der Waals surface area contributed by atoms with Crippen molar-refractivity contribution >= 4 is 17.6 Å². The molecule has 2 aliphatic heterocycles. The Kier molecular flexibility index (Phi) is 3.89. The van der Waals surface area contributed by atoms with Crippen molar-refractivity contribution in [2.24, 2.45) is 5.92 Å². The summed E-state index contributed by atoms with van der Waals surface area (Å²) in [5, 5.41) is 7.46. The second-order valence-electron chi connectivity index (χ2n) is 7.09. The van der Waals surface area contributed by atoms with Gasteiger partial charge in [-0.2, -0.15) is 4.98 Å². The van der Waals surface area contributed by atoms with Gasteiger partial charge in [-0.3, -0.25) is 9.59 Å². The summed E-state index contributed by atoms with van der Waals surface area (Å²) >= 11 is 0. The van der Waals surface area contributed by atoms with Gasteiger partial charge in [0.15, 0.2) is 5.82 Å². The number of carbonyl (C=O) groups excluding carboxylic acids is 2. The summed E-state index contributed by atoms with van der Waals surface area (Å²) in [6.45, 7) is 4.91. The molecule has 0 unspecified atom stereocenters. The summed E-state index contributed by atoms with van der Waals surface area (Å²) in [4.78, 5) is 35.4. The average molecular weight is 342 g/mol. The quantitative estimate of drug-likeness (QED) is 0.853. The van der Waals surface area contributed by atoms with Crippen molar-refractivity contribution in [2.45, 2.75) is 45.6 Å². The molecule has 8 heteroatoms. The topological polar surface area (TPSA) is 92.5 Å². The lowest BCUT2D eigenvalue weighted by Gasteiger charge is -2.27. The van der Waals surface area contributed by atoms with E-state index in [0.29, 0.717) is 24.7 Å². The van der Waals surface area contributed by atoms with Gasteiger partial charge in [0, 0.05) is 30.5 Å². The highest BCUT2D eigenvalue weighted by Crippen LogP contribution is 2.22. The van der Waals surface area contributed by atoms with Crippen LogP contribution in [0.4, 0.5) is 0 Å². The maximum absolute atomic E-state index is 12.8. The smallest absolute Gasteiger partial charge is 0.252 e. The van der Waals surface area contributed by atoms with Gasteiger partial charge in [-0.15, -0.1) is 5.10 Å². The molecule has 0 radical (unpaired) electrons. The first-order chi connectivity index (χ1) is 12.0. The van der Waals surface area contributed by atoms with E-state index in [-0.39, 0.29) is 30.2 Å². The fourth-order valence-electron chi connectivity index (χ4n) is 3.78. The van der Waals surface area contributed by atoms with Crippen molar-refractivity contribution in [3.63, 3.8) is 0 Å². The van der Waals surface area contributed by atoms with Gasteiger partial charge < -0.3 is 10.2 Å². The van der Waals surface area contributed by atoms with Crippen LogP contribution in [-0.4, -0.2) is 55.4 Å². The first kappa shape index (κ1) is 16.0. The van der Waals surface area contributed by atoms with Gasteiger partial charge in [0.1, 0.15) is 0 Å². The summed E-state index contributed by atoms with van der Waals surface area (Å²) in [6.07, 6.45) is 2.95. The molecule has 2 aromatic heterocycles. The van der Waals surface area contributed by atoms with Gasteiger partial charge in [-0.25, -0.2) is 9.50 Å². The van der Waals surface area contributed by atoms with Crippen molar-refractivity contribution in [1.29, 1.82) is 0 Å². The van der Waals surface area contributed by atoms with Gasteiger partial charge in [0.2, 0.25) is 11.8 Å². The predicted octanol–water partition coefficient (Wildman–Crippen LogP) is 0.411. The third kappa shape index (κ3) is 3.08. The number of likely N-dealkylation sites (tertiary alicyclic amines) is 1. The van der Waals surface area contributed by atoms with E-state index in [4.69, 9.17) is 0 Å². The molecule has 2 aromatic rings. The number of rotatable bonds is 2. The number of aromatic nitrogens is 4. The molecule has 0 spiro atoms. The minimum atomic E-state index is -0.1000. The number of hydrogen-bond acceptors (Lipinski definition) is 5. The Hall–Kier alpha value is -2.51. The van der Waals surface area contributed by atoms with Crippen molar-refractivity contribution in [2.75, 3.05) is 13.1 Å². The Labute approximate surface area is 145 Å². The van der Waals surface area contributed by atoms with Crippen LogP contribution in [-0.2, 0) is 16.0 Å². The van der Waals surface area contributed by atoms with Crippen LogP contribution in [0.15, 0.2) is 6.07 Å². The van der Waals surface area contributed by atoms with E-state index in [1.165, 1.54) is 0 Å². The normalized spacial score (nSPS) is 23.4. The van der Waals surface area contributed by atoms with E-state index < -0.39 is 0 Å². The van der Waals surface area contributed by atoms with Gasteiger partial charge in [-0.05, 0) is 32.8 Å². The molecular formula is C17H22N6O2. The molecule has 4 heterocycles. The second kappa shape index (κ2) is 6.09. The SMILES string of the molecule is Cc1cc(C)n2nc(CC(=O)N3C[C@@H]4CCC[C@H](C3)C(=O)N4)nc2n1. The number of aryl methyl sites for hydroxylation is 2.